The first kappa shape index (κ1) is 18.7. The molecular weight excluding hydrogens is 393 g/mol. The first-order valence-corrected chi connectivity index (χ1v) is 9.64. The zero-order valence-corrected chi connectivity index (χ0v) is 16.0. The number of carbonyl (C=O) groups is 1. The predicted molar refractivity (Wildman–Crippen MR) is 103 cm³/mol. The largest absolute Gasteiger partial charge is 0.311 e. The lowest BCUT2D eigenvalue weighted by atomic mass is 9.98. The number of benzene rings is 2. The van der Waals surface area contributed by atoms with Crippen molar-refractivity contribution in [2.24, 2.45) is 0 Å². The second kappa shape index (κ2) is 7.38. The van der Waals surface area contributed by atoms with Crippen LogP contribution in [0.3, 0.4) is 0 Å². The second-order valence-corrected chi connectivity index (χ2v) is 7.98. The van der Waals surface area contributed by atoms with Crippen molar-refractivity contribution in [3.63, 3.8) is 0 Å². The van der Waals surface area contributed by atoms with E-state index in [4.69, 9.17) is 23.2 Å². The van der Waals surface area contributed by atoms with E-state index in [0.29, 0.717) is 23.0 Å². The summed E-state index contributed by atoms with van der Waals surface area (Å²) in [6.45, 7) is 1.98. The number of nitrogens with zero attached hydrogens (tertiary/aromatic N) is 2. The van der Waals surface area contributed by atoms with E-state index in [1.54, 1.807) is 6.07 Å². The minimum atomic E-state index is -0.680. The lowest BCUT2D eigenvalue weighted by molar-refractivity contribution is -0.121. The fourth-order valence-electron chi connectivity index (χ4n) is 4.11. The van der Waals surface area contributed by atoms with Crippen LogP contribution in [0.2, 0.25) is 10.0 Å². The molecule has 2 saturated heterocycles. The SMILES string of the molecule is O=C1C(N2CCC(c3cc(Cl)cc(Cl)c3)C2)CCN1c1cc(F)cc(F)c1. The zero-order chi connectivity index (χ0) is 19.1. The maximum absolute atomic E-state index is 13.5. The van der Waals surface area contributed by atoms with E-state index in [0.717, 1.165) is 31.1 Å². The molecule has 2 aliphatic heterocycles. The number of likely N-dealkylation sites (tertiary alicyclic amines) is 1. The summed E-state index contributed by atoms with van der Waals surface area (Å²) < 4.78 is 27.0. The van der Waals surface area contributed by atoms with Crippen LogP contribution < -0.4 is 4.90 Å². The number of carbonyl (C=O) groups excluding carboxylic acids is 1. The van der Waals surface area contributed by atoms with Gasteiger partial charge in [0.25, 0.3) is 0 Å². The molecule has 0 radical (unpaired) electrons. The maximum atomic E-state index is 13.5. The Morgan fingerprint density at radius 1 is 0.889 bits per heavy atom. The first-order chi connectivity index (χ1) is 12.9. The van der Waals surface area contributed by atoms with Gasteiger partial charge in [0, 0.05) is 34.9 Å². The Morgan fingerprint density at radius 2 is 1.56 bits per heavy atom. The van der Waals surface area contributed by atoms with E-state index in [1.165, 1.54) is 17.0 Å². The molecule has 2 heterocycles. The summed E-state index contributed by atoms with van der Waals surface area (Å²) in [5.41, 5.74) is 1.35. The van der Waals surface area contributed by atoms with Crippen molar-refractivity contribution >= 4 is 34.8 Å². The molecule has 0 aliphatic carbocycles. The van der Waals surface area contributed by atoms with Gasteiger partial charge < -0.3 is 4.90 Å². The maximum Gasteiger partial charge on any atom is 0.244 e. The molecule has 0 saturated carbocycles. The summed E-state index contributed by atoms with van der Waals surface area (Å²) in [6, 6.07) is 8.48. The number of hydrogen-bond acceptors (Lipinski definition) is 2. The molecule has 0 bridgehead atoms. The summed E-state index contributed by atoms with van der Waals surface area (Å²) in [6.07, 6.45) is 1.55. The van der Waals surface area contributed by atoms with Crippen LogP contribution in [0.15, 0.2) is 36.4 Å². The van der Waals surface area contributed by atoms with Crippen LogP contribution in [0, 0.1) is 11.6 Å². The Hall–Kier alpha value is -1.69. The summed E-state index contributed by atoms with van der Waals surface area (Å²) in [7, 11) is 0. The average molecular weight is 411 g/mol. The van der Waals surface area contributed by atoms with Crippen molar-refractivity contribution in [2.75, 3.05) is 24.5 Å². The van der Waals surface area contributed by atoms with Crippen molar-refractivity contribution in [1.29, 1.82) is 0 Å². The van der Waals surface area contributed by atoms with Crippen molar-refractivity contribution < 1.29 is 13.6 Å². The van der Waals surface area contributed by atoms with Gasteiger partial charge in [-0.15, -0.1) is 0 Å². The summed E-state index contributed by atoms with van der Waals surface area (Å²) in [5, 5.41) is 1.21. The highest BCUT2D eigenvalue weighted by Gasteiger charge is 2.40. The van der Waals surface area contributed by atoms with Crippen LogP contribution in [-0.2, 0) is 4.79 Å². The van der Waals surface area contributed by atoms with Gasteiger partial charge in [0.1, 0.15) is 11.6 Å². The van der Waals surface area contributed by atoms with Gasteiger partial charge in [-0.25, -0.2) is 8.78 Å². The molecule has 2 aromatic rings. The van der Waals surface area contributed by atoms with Crippen molar-refractivity contribution in [1.82, 2.24) is 4.90 Å². The standard InChI is InChI=1S/C20H18Cl2F2N2O/c21-14-5-13(6-15(22)7-14)12-1-3-25(11-12)19-2-4-26(20(19)27)18-9-16(23)8-17(24)10-18/h5-10,12,19H,1-4,11H2. The van der Waals surface area contributed by atoms with Gasteiger partial charge in [0.2, 0.25) is 5.91 Å². The highest BCUT2D eigenvalue weighted by atomic mass is 35.5. The smallest absolute Gasteiger partial charge is 0.244 e. The van der Waals surface area contributed by atoms with Crippen molar-refractivity contribution in [3.8, 4) is 0 Å². The molecule has 1 amide bonds. The van der Waals surface area contributed by atoms with Crippen LogP contribution in [0.25, 0.3) is 0 Å². The molecule has 4 rings (SSSR count). The van der Waals surface area contributed by atoms with Gasteiger partial charge in [-0.3, -0.25) is 9.69 Å². The van der Waals surface area contributed by atoms with E-state index in [2.05, 4.69) is 4.90 Å². The Labute approximate surface area is 166 Å². The highest BCUT2D eigenvalue weighted by Crippen LogP contribution is 2.34. The molecule has 2 aliphatic rings. The molecule has 142 valence electrons. The molecule has 2 atom stereocenters. The molecule has 2 unspecified atom stereocenters. The van der Waals surface area contributed by atoms with Crippen LogP contribution in [0.1, 0.15) is 24.3 Å². The van der Waals surface area contributed by atoms with Gasteiger partial charge in [-0.1, -0.05) is 23.2 Å². The van der Waals surface area contributed by atoms with Gasteiger partial charge in [-0.05, 0) is 61.2 Å². The first-order valence-electron chi connectivity index (χ1n) is 8.88. The fraction of sp³-hybridized carbons (Fsp3) is 0.350. The molecule has 2 aromatic carbocycles. The topological polar surface area (TPSA) is 23.6 Å². The third kappa shape index (κ3) is 3.82. The Balaban J connectivity index is 1.48. The number of rotatable bonds is 3. The van der Waals surface area contributed by atoms with Crippen molar-refractivity contribution in [2.45, 2.75) is 24.8 Å². The summed E-state index contributed by atoms with van der Waals surface area (Å²) in [4.78, 5) is 16.5. The Bertz CT molecular complexity index is 852. The third-order valence-electron chi connectivity index (χ3n) is 5.35. The minimum Gasteiger partial charge on any atom is -0.311 e. The van der Waals surface area contributed by atoms with Crippen LogP contribution >= 0.6 is 23.2 Å². The number of amides is 1. The zero-order valence-electron chi connectivity index (χ0n) is 14.5. The highest BCUT2D eigenvalue weighted by molar-refractivity contribution is 6.34. The van der Waals surface area contributed by atoms with Gasteiger partial charge >= 0.3 is 0 Å². The number of halogens is 4. The third-order valence-corrected chi connectivity index (χ3v) is 5.79. The van der Waals surface area contributed by atoms with E-state index in [-0.39, 0.29) is 23.6 Å². The number of hydrogen-bond donors (Lipinski definition) is 0. The van der Waals surface area contributed by atoms with E-state index in [1.807, 2.05) is 12.1 Å². The summed E-state index contributed by atoms with van der Waals surface area (Å²) >= 11 is 12.2. The van der Waals surface area contributed by atoms with Gasteiger partial charge in [-0.2, -0.15) is 0 Å². The molecule has 2 fully saturated rings. The molecule has 0 N–H and O–H groups in total. The lowest BCUT2D eigenvalue weighted by Crippen LogP contribution is -2.40. The Kier molecular flexibility index (Phi) is 5.10. The molecule has 0 aromatic heterocycles. The van der Waals surface area contributed by atoms with Gasteiger partial charge in [0.15, 0.2) is 0 Å². The fourth-order valence-corrected chi connectivity index (χ4v) is 4.65. The van der Waals surface area contributed by atoms with E-state index >= 15 is 0 Å². The normalized spacial score (nSPS) is 23.4. The predicted octanol–water partition coefficient (Wildman–Crippen LogP) is 4.87. The van der Waals surface area contributed by atoms with Crippen LogP contribution in [0.4, 0.5) is 14.5 Å². The molecular formula is C20H18Cl2F2N2O. The molecule has 7 heteroatoms. The van der Waals surface area contributed by atoms with Crippen LogP contribution in [0.5, 0.6) is 0 Å². The second-order valence-electron chi connectivity index (χ2n) is 7.11. The minimum absolute atomic E-state index is 0.107. The Morgan fingerprint density at radius 3 is 2.22 bits per heavy atom. The van der Waals surface area contributed by atoms with E-state index < -0.39 is 11.6 Å². The van der Waals surface area contributed by atoms with Gasteiger partial charge in [0.05, 0.1) is 6.04 Å². The summed E-state index contributed by atoms with van der Waals surface area (Å²) in [5.74, 6) is -1.21. The van der Waals surface area contributed by atoms with Crippen LogP contribution in [-0.4, -0.2) is 36.5 Å². The number of anilines is 1. The lowest BCUT2D eigenvalue weighted by Gasteiger charge is -2.23. The average Bonchev–Trinajstić information content (AvgIpc) is 3.19. The molecule has 27 heavy (non-hydrogen) atoms. The monoisotopic (exact) mass is 410 g/mol. The van der Waals surface area contributed by atoms with Crippen molar-refractivity contribution in [3.05, 3.63) is 63.6 Å². The molecule has 3 nitrogen and oxygen atoms in total. The quantitative estimate of drug-likeness (QED) is 0.720. The van der Waals surface area contributed by atoms with E-state index in [9.17, 15) is 13.6 Å². The molecule has 0 spiro atoms.